The van der Waals surface area contributed by atoms with E-state index in [0.29, 0.717) is 0 Å². The van der Waals surface area contributed by atoms with E-state index in [1.807, 2.05) is 12.4 Å². The first-order valence-electron chi connectivity index (χ1n) is 16.1. The first-order chi connectivity index (χ1) is 23.3. The summed E-state index contributed by atoms with van der Waals surface area (Å²) in [5, 5.41) is 8.39. The molecule has 0 saturated heterocycles. The Labute approximate surface area is 273 Å². The number of dihydropyridines is 1. The maximum absolute atomic E-state index is 4.59. The van der Waals surface area contributed by atoms with E-state index in [4.69, 9.17) is 0 Å². The predicted molar refractivity (Wildman–Crippen MR) is 198 cm³/mol. The number of allylic oxidation sites excluding steroid dienone is 2. The molecule has 1 N–H and O–H groups in total. The van der Waals surface area contributed by atoms with Gasteiger partial charge in [0.15, 0.2) is 0 Å². The second kappa shape index (κ2) is 11.3. The van der Waals surface area contributed by atoms with E-state index in [-0.39, 0.29) is 0 Å². The molecule has 0 aliphatic carbocycles. The van der Waals surface area contributed by atoms with Crippen molar-refractivity contribution in [2.75, 3.05) is 6.54 Å². The zero-order valence-corrected chi connectivity index (χ0v) is 25.8. The van der Waals surface area contributed by atoms with Gasteiger partial charge < -0.3 is 9.88 Å². The molecule has 3 heteroatoms. The third-order valence-electron chi connectivity index (χ3n) is 9.28. The zero-order chi connectivity index (χ0) is 31.2. The Morgan fingerprint density at radius 1 is 0.511 bits per heavy atom. The number of pyridine rings is 1. The van der Waals surface area contributed by atoms with Crippen LogP contribution in [0.3, 0.4) is 0 Å². The van der Waals surface area contributed by atoms with Crippen molar-refractivity contribution in [1.29, 1.82) is 0 Å². The summed E-state index contributed by atoms with van der Waals surface area (Å²) in [5.74, 6) is 0. The second-order valence-electron chi connectivity index (χ2n) is 12.1. The van der Waals surface area contributed by atoms with Gasteiger partial charge in [0.05, 0.1) is 11.0 Å². The van der Waals surface area contributed by atoms with Crippen molar-refractivity contribution >= 4 is 38.3 Å². The number of nitrogens with zero attached hydrogens (tertiary/aromatic N) is 2. The van der Waals surface area contributed by atoms with Crippen LogP contribution in [0.4, 0.5) is 0 Å². The van der Waals surface area contributed by atoms with E-state index in [0.717, 1.165) is 34.6 Å². The van der Waals surface area contributed by atoms with E-state index >= 15 is 0 Å². The van der Waals surface area contributed by atoms with Gasteiger partial charge in [-0.1, -0.05) is 121 Å². The molecule has 0 bridgehead atoms. The molecule has 0 atom stereocenters. The Bertz CT molecular complexity index is 2490. The van der Waals surface area contributed by atoms with Gasteiger partial charge >= 0.3 is 0 Å². The number of nitrogens with one attached hydrogen (secondary N) is 1. The fourth-order valence-electron chi connectivity index (χ4n) is 6.93. The van der Waals surface area contributed by atoms with Crippen molar-refractivity contribution in [3.05, 3.63) is 176 Å². The SMILES string of the molecule is C1=CCNC(c2cncc(-c3ccc4c(ccc5c6ccc(-c7ccc(-c8ccccc8)cc7)cc6n(-c6ccccc6)c45)c3)c2)=C1. The molecule has 0 saturated carbocycles. The number of para-hydroxylation sites is 1. The van der Waals surface area contributed by atoms with Crippen molar-refractivity contribution in [3.63, 3.8) is 0 Å². The summed E-state index contributed by atoms with van der Waals surface area (Å²) in [7, 11) is 0. The first-order valence-corrected chi connectivity index (χ1v) is 16.1. The molecule has 0 radical (unpaired) electrons. The van der Waals surface area contributed by atoms with Crippen molar-refractivity contribution in [1.82, 2.24) is 14.9 Å². The molecule has 3 heterocycles. The average Bonchev–Trinajstić information content (AvgIpc) is 3.50. The van der Waals surface area contributed by atoms with Crippen LogP contribution in [0.5, 0.6) is 0 Å². The molecule has 1 aliphatic rings. The van der Waals surface area contributed by atoms with E-state index in [9.17, 15) is 0 Å². The molecule has 47 heavy (non-hydrogen) atoms. The van der Waals surface area contributed by atoms with Crippen LogP contribution in [0.15, 0.2) is 170 Å². The average molecular weight is 602 g/mol. The minimum absolute atomic E-state index is 0.833. The summed E-state index contributed by atoms with van der Waals surface area (Å²) >= 11 is 0. The van der Waals surface area contributed by atoms with Crippen LogP contribution >= 0.6 is 0 Å². The third-order valence-corrected chi connectivity index (χ3v) is 9.28. The monoisotopic (exact) mass is 601 g/mol. The largest absolute Gasteiger partial charge is 0.381 e. The second-order valence-corrected chi connectivity index (χ2v) is 12.1. The van der Waals surface area contributed by atoms with Crippen LogP contribution < -0.4 is 5.32 Å². The number of aromatic nitrogens is 2. The Morgan fingerprint density at radius 3 is 1.91 bits per heavy atom. The van der Waals surface area contributed by atoms with Crippen molar-refractivity contribution < 1.29 is 0 Å². The summed E-state index contributed by atoms with van der Waals surface area (Å²) in [4.78, 5) is 4.59. The van der Waals surface area contributed by atoms with Crippen LogP contribution in [0, 0.1) is 0 Å². The van der Waals surface area contributed by atoms with Gasteiger partial charge in [-0.25, -0.2) is 0 Å². The molecule has 222 valence electrons. The Kier molecular flexibility index (Phi) is 6.53. The summed E-state index contributed by atoms with van der Waals surface area (Å²) < 4.78 is 2.44. The molecule has 2 aromatic heterocycles. The molecule has 0 spiro atoms. The van der Waals surface area contributed by atoms with Crippen LogP contribution in [0.2, 0.25) is 0 Å². The first kappa shape index (κ1) is 27.1. The fraction of sp³-hybridized carbons (Fsp3) is 0.0227. The summed E-state index contributed by atoms with van der Waals surface area (Å²) in [6.45, 7) is 0.833. The number of hydrogen-bond donors (Lipinski definition) is 1. The van der Waals surface area contributed by atoms with Gasteiger partial charge in [0.1, 0.15) is 0 Å². The normalized spacial score (nSPS) is 12.8. The third kappa shape index (κ3) is 4.81. The van der Waals surface area contributed by atoms with Gasteiger partial charge in [-0.15, -0.1) is 0 Å². The van der Waals surface area contributed by atoms with E-state index in [2.05, 4.69) is 173 Å². The standard InChI is InChI=1S/C44H31N3/c1-3-9-30(10-4-1)31-14-16-32(17-15-31)34-19-22-40-41-23-20-35-25-33(36-26-37(29-45-28-36)42-13-7-8-24-46-42)18-21-39(35)44(41)47(43(40)27-34)38-11-5-2-6-12-38/h1-23,25-29,46H,24H2. The van der Waals surface area contributed by atoms with Gasteiger partial charge in [0.2, 0.25) is 0 Å². The van der Waals surface area contributed by atoms with Crippen LogP contribution in [0.1, 0.15) is 5.56 Å². The lowest BCUT2D eigenvalue weighted by atomic mass is 9.98. The lowest BCUT2D eigenvalue weighted by Gasteiger charge is -2.13. The van der Waals surface area contributed by atoms with E-state index < -0.39 is 0 Å². The topological polar surface area (TPSA) is 29.9 Å². The molecule has 1 aliphatic heterocycles. The predicted octanol–water partition coefficient (Wildman–Crippen LogP) is 10.8. The highest BCUT2D eigenvalue weighted by molar-refractivity contribution is 6.19. The van der Waals surface area contributed by atoms with Crippen molar-refractivity contribution in [2.45, 2.75) is 0 Å². The fourth-order valence-corrected chi connectivity index (χ4v) is 6.93. The molecular formula is C44H31N3. The molecule has 6 aromatic carbocycles. The van der Waals surface area contributed by atoms with Gasteiger partial charge in [-0.05, 0) is 69.6 Å². The lowest BCUT2D eigenvalue weighted by Crippen LogP contribution is -2.14. The van der Waals surface area contributed by atoms with E-state index in [1.165, 1.54) is 54.8 Å². The summed E-state index contributed by atoms with van der Waals surface area (Å²) in [6, 6.07) is 50.7. The molecule has 0 fully saturated rings. The minimum Gasteiger partial charge on any atom is -0.381 e. The molecule has 9 rings (SSSR count). The van der Waals surface area contributed by atoms with Crippen LogP contribution in [0.25, 0.3) is 77.3 Å². The summed E-state index contributed by atoms with van der Waals surface area (Å²) in [6.07, 6.45) is 10.2. The van der Waals surface area contributed by atoms with Crippen LogP contribution in [-0.4, -0.2) is 16.1 Å². The number of rotatable bonds is 5. The highest BCUT2D eigenvalue weighted by Crippen LogP contribution is 2.39. The molecule has 0 unspecified atom stereocenters. The molecular weight excluding hydrogens is 571 g/mol. The van der Waals surface area contributed by atoms with Crippen LogP contribution in [-0.2, 0) is 0 Å². The van der Waals surface area contributed by atoms with Crippen molar-refractivity contribution in [2.24, 2.45) is 0 Å². The number of fused-ring (bicyclic) bond motifs is 5. The highest BCUT2D eigenvalue weighted by Gasteiger charge is 2.17. The quantitative estimate of drug-likeness (QED) is 0.213. The number of hydrogen-bond acceptors (Lipinski definition) is 2. The minimum atomic E-state index is 0.833. The highest BCUT2D eigenvalue weighted by atomic mass is 15.0. The van der Waals surface area contributed by atoms with Gasteiger partial charge in [0.25, 0.3) is 0 Å². The van der Waals surface area contributed by atoms with E-state index in [1.54, 1.807) is 0 Å². The van der Waals surface area contributed by atoms with Gasteiger partial charge in [0, 0.05) is 57.6 Å². The Balaban J connectivity index is 1.19. The summed E-state index contributed by atoms with van der Waals surface area (Å²) in [5.41, 5.74) is 12.9. The zero-order valence-electron chi connectivity index (χ0n) is 25.8. The maximum atomic E-state index is 4.59. The van der Waals surface area contributed by atoms with Gasteiger partial charge in [-0.3, -0.25) is 4.98 Å². The van der Waals surface area contributed by atoms with Crippen molar-refractivity contribution in [3.8, 4) is 39.1 Å². The Morgan fingerprint density at radius 2 is 1.15 bits per heavy atom. The molecule has 3 nitrogen and oxygen atoms in total. The molecule has 0 amide bonds. The molecule has 8 aromatic rings. The number of benzene rings is 6. The lowest BCUT2D eigenvalue weighted by molar-refractivity contribution is 0.993. The van der Waals surface area contributed by atoms with Gasteiger partial charge in [-0.2, -0.15) is 0 Å². The maximum Gasteiger partial charge on any atom is 0.0619 e. The Hall–Kier alpha value is -6.19. The smallest absolute Gasteiger partial charge is 0.0619 e.